The molecule has 0 bridgehead atoms. The maximum Gasteiger partial charge on any atom is 0.243 e. The first-order valence-corrected chi connectivity index (χ1v) is 5.79. The van der Waals surface area contributed by atoms with E-state index >= 15 is 0 Å². The van der Waals surface area contributed by atoms with E-state index in [2.05, 4.69) is 10.6 Å². The van der Waals surface area contributed by atoms with Gasteiger partial charge in [0.2, 0.25) is 5.91 Å². The number of amides is 1. The Bertz CT molecular complexity index is 632. The standard InChI is InChI=1S/C14H11F3N2O/c15-9-5-6-13(11(17)7-9)19-14(20)8-18-12-4-2-1-3-10(12)16/h1-7,18H,8H2,(H,19,20). The monoisotopic (exact) mass is 280 g/mol. The van der Waals surface area contributed by atoms with Gasteiger partial charge in [-0.2, -0.15) is 0 Å². The maximum absolute atomic E-state index is 13.3. The molecule has 104 valence electrons. The lowest BCUT2D eigenvalue weighted by atomic mass is 10.3. The summed E-state index contributed by atoms with van der Waals surface area (Å²) in [5.41, 5.74) is 0.0361. The van der Waals surface area contributed by atoms with Gasteiger partial charge in [0, 0.05) is 6.07 Å². The molecule has 0 radical (unpaired) electrons. The Morgan fingerprint density at radius 1 is 0.950 bits per heavy atom. The molecule has 0 aliphatic heterocycles. The molecule has 2 aromatic rings. The molecule has 3 nitrogen and oxygen atoms in total. The van der Waals surface area contributed by atoms with Crippen LogP contribution >= 0.6 is 0 Å². The molecule has 20 heavy (non-hydrogen) atoms. The maximum atomic E-state index is 13.3. The van der Waals surface area contributed by atoms with E-state index in [1.165, 1.54) is 18.2 Å². The van der Waals surface area contributed by atoms with Crippen LogP contribution in [0.3, 0.4) is 0 Å². The van der Waals surface area contributed by atoms with E-state index in [9.17, 15) is 18.0 Å². The van der Waals surface area contributed by atoms with Crippen molar-refractivity contribution in [2.24, 2.45) is 0 Å². The van der Waals surface area contributed by atoms with Crippen molar-refractivity contribution in [1.29, 1.82) is 0 Å². The predicted octanol–water partition coefficient (Wildman–Crippen LogP) is 3.15. The van der Waals surface area contributed by atoms with Crippen molar-refractivity contribution in [3.8, 4) is 0 Å². The Morgan fingerprint density at radius 3 is 2.40 bits per heavy atom. The second-order valence-electron chi connectivity index (χ2n) is 4.01. The topological polar surface area (TPSA) is 41.1 Å². The van der Waals surface area contributed by atoms with Crippen LogP contribution in [0.1, 0.15) is 0 Å². The highest BCUT2D eigenvalue weighted by molar-refractivity contribution is 5.93. The van der Waals surface area contributed by atoms with Crippen LogP contribution in [0.15, 0.2) is 42.5 Å². The first-order valence-electron chi connectivity index (χ1n) is 5.79. The van der Waals surface area contributed by atoms with E-state index in [0.717, 1.165) is 12.1 Å². The van der Waals surface area contributed by atoms with Gasteiger partial charge in [-0.1, -0.05) is 12.1 Å². The van der Waals surface area contributed by atoms with Crippen molar-refractivity contribution in [1.82, 2.24) is 0 Å². The Balaban J connectivity index is 1.94. The minimum Gasteiger partial charge on any atom is -0.374 e. The third kappa shape index (κ3) is 3.50. The summed E-state index contributed by atoms with van der Waals surface area (Å²) in [6.45, 7) is -0.238. The molecule has 0 unspecified atom stereocenters. The largest absolute Gasteiger partial charge is 0.374 e. The summed E-state index contributed by atoms with van der Waals surface area (Å²) in [4.78, 5) is 11.6. The van der Waals surface area contributed by atoms with E-state index in [1.807, 2.05) is 0 Å². The minimum atomic E-state index is -0.871. The van der Waals surface area contributed by atoms with Crippen molar-refractivity contribution in [2.45, 2.75) is 0 Å². The zero-order valence-electron chi connectivity index (χ0n) is 10.3. The molecule has 2 N–H and O–H groups in total. The molecule has 0 fully saturated rings. The van der Waals surface area contributed by atoms with Crippen molar-refractivity contribution in [2.75, 3.05) is 17.2 Å². The van der Waals surface area contributed by atoms with Crippen LogP contribution in [0, 0.1) is 17.5 Å². The molecule has 1 amide bonds. The van der Waals surface area contributed by atoms with Crippen LogP contribution in [0.2, 0.25) is 0 Å². The van der Waals surface area contributed by atoms with E-state index in [-0.39, 0.29) is 17.9 Å². The van der Waals surface area contributed by atoms with Gasteiger partial charge in [0.25, 0.3) is 0 Å². The van der Waals surface area contributed by atoms with E-state index in [1.54, 1.807) is 6.07 Å². The van der Waals surface area contributed by atoms with Crippen LogP contribution in [0.5, 0.6) is 0 Å². The lowest BCUT2D eigenvalue weighted by Gasteiger charge is -2.09. The second kappa shape index (κ2) is 6.10. The fourth-order valence-electron chi connectivity index (χ4n) is 1.57. The van der Waals surface area contributed by atoms with E-state index in [4.69, 9.17) is 0 Å². The number of hydrogen-bond acceptors (Lipinski definition) is 2. The highest BCUT2D eigenvalue weighted by Crippen LogP contribution is 2.15. The Kier molecular flexibility index (Phi) is 4.24. The van der Waals surface area contributed by atoms with Crippen molar-refractivity contribution in [3.05, 3.63) is 59.9 Å². The van der Waals surface area contributed by atoms with Crippen molar-refractivity contribution in [3.63, 3.8) is 0 Å². The fourth-order valence-corrected chi connectivity index (χ4v) is 1.57. The number of nitrogens with one attached hydrogen (secondary N) is 2. The van der Waals surface area contributed by atoms with Gasteiger partial charge in [-0.25, -0.2) is 13.2 Å². The van der Waals surface area contributed by atoms with E-state index < -0.39 is 23.4 Å². The number of para-hydroxylation sites is 1. The summed E-state index contributed by atoms with van der Waals surface area (Å²) in [5, 5.41) is 4.84. The molecule has 0 atom stereocenters. The summed E-state index contributed by atoms with van der Waals surface area (Å²) in [5.74, 6) is -2.67. The Hall–Kier alpha value is -2.50. The molecule has 0 heterocycles. The average Bonchev–Trinajstić information content (AvgIpc) is 2.41. The van der Waals surface area contributed by atoms with Crippen LogP contribution in [-0.2, 0) is 4.79 Å². The van der Waals surface area contributed by atoms with Crippen molar-refractivity contribution >= 4 is 17.3 Å². The summed E-state index contributed by atoms with van der Waals surface area (Å²) in [6, 6.07) is 8.67. The first-order chi connectivity index (χ1) is 9.56. The Labute approximate surface area is 113 Å². The van der Waals surface area contributed by atoms with Crippen molar-refractivity contribution < 1.29 is 18.0 Å². The SMILES string of the molecule is O=C(CNc1ccccc1F)Nc1ccc(F)cc1F. The number of anilines is 2. The number of benzene rings is 2. The molecule has 2 aromatic carbocycles. The smallest absolute Gasteiger partial charge is 0.243 e. The van der Waals surface area contributed by atoms with Gasteiger partial charge in [0.15, 0.2) is 0 Å². The molecular formula is C14H11F3N2O. The van der Waals surface area contributed by atoms with Gasteiger partial charge in [0.05, 0.1) is 17.9 Å². The zero-order chi connectivity index (χ0) is 14.5. The van der Waals surface area contributed by atoms with Gasteiger partial charge >= 0.3 is 0 Å². The van der Waals surface area contributed by atoms with Crippen LogP contribution < -0.4 is 10.6 Å². The van der Waals surface area contributed by atoms with Crippen LogP contribution in [0.25, 0.3) is 0 Å². The lowest BCUT2D eigenvalue weighted by molar-refractivity contribution is -0.114. The summed E-state index contributed by atoms with van der Waals surface area (Å²) in [7, 11) is 0. The number of carbonyl (C=O) groups is 1. The van der Waals surface area contributed by atoms with Crippen LogP contribution in [0.4, 0.5) is 24.5 Å². The molecular weight excluding hydrogens is 269 g/mol. The van der Waals surface area contributed by atoms with E-state index in [0.29, 0.717) is 6.07 Å². The third-order valence-electron chi connectivity index (χ3n) is 2.52. The normalized spacial score (nSPS) is 10.2. The number of rotatable bonds is 4. The second-order valence-corrected chi connectivity index (χ2v) is 4.01. The molecule has 0 saturated carbocycles. The van der Waals surface area contributed by atoms with Gasteiger partial charge < -0.3 is 10.6 Å². The predicted molar refractivity (Wildman–Crippen MR) is 69.9 cm³/mol. The minimum absolute atomic E-state index is 0.133. The van der Waals surface area contributed by atoms with Gasteiger partial charge in [-0.3, -0.25) is 4.79 Å². The molecule has 0 aliphatic rings. The molecule has 0 spiro atoms. The molecule has 0 aromatic heterocycles. The fraction of sp³-hybridized carbons (Fsp3) is 0.0714. The summed E-state index contributed by atoms with van der Waals surface area (Å²) < 4.78 is 39.3. The van der Waals surface area contributed by atoms with Gasteiger partial charge in [0.1, 0.15) is 17.5 Å². The number of hydrogen-bond donors (Lipinski definition) is 2. The first kappa shape index (κ1) is 13.9. The summed E-state index contributed by atoms with van der Waals surface area (Å²) >= 11 is 0. The molecule has 0 saturated heterocycles. The molecule has 6 heteroatoms. The molecule has 0 aliphatic carbocycles. The van der Waals surface area contributed by atoms with Gasteiger partial charge in [-0.05, 0) is 24.3 Å². The Morgan fingerprint density at radius 2 is 1.70 bits per heavy atom. The summed E-state index contributed by atoms with van der Waals surface area (Å²) in [6.07, 6.45) is 0. The lowest BCUT2D eigenvalue weighted by Crippen LogP contribution is -2.22. The molecule has 2 rings (SSSR count). The van der Waals surface area contributed by atoms with Gasteiger partial charge in [-0.15, -0.1) is 0 Å². The quantitative estimate of drug-likeness (QED) is 0.903. The highest BCUT2D eigenvalue weighted by atomic mass is 19.1. The third-order valence-corrected chi connectivity index (χ3v) is 2.52. The zero-order valence-corrected chi connectivity index (χ0v) is 10.3. The average molecular weight is 280 g/mol. The number of halogens is 3. The highest BCUT2D eigenvalue weighted by Gasteiger charge is 2.08. The number of carbonyl (C=O) groups excluding carboxylic acids is 1. The van der Waals surface area contributed by atoms with Crippen LogP contribution in [-0.4, -0.2) is 12.5 Å².